The summed E-state index contributed by atoms with van der Waals surface area (Å²) in [5, 5.41) is 4.54. The van der Waals surface area contributed by atoms with Crippen LogP contribution in [0.2, 0.25) is 0 Å². The molecular formula is C37H35BrN4O3S. The van der Waals surface area contributed by atoms with Crippen LogP contribution in [-0.4, -0.2) is 23.3 Å². The highest BCUT2D eigenvalue weighted by Crippen LogP contribution is 2.36. The Balaban J connectivity index is 1.53. The van der Waals surface area contributed by atoms with E-state index in [4.69, 9.17) is 10.7 Å². The monoisotopic (exact) mass is 694 g/mol. The number of amides is 1. The predicted octanol–water partition coefficient (Wildman–Crippen LogP) is 7.68. The molecule has 2 aromatic heterocycles. The van der Waals surface area contributed by atoms with Gasteiger partial charge in [0.1, 0.15) is 0 Å². The lowest BCUT2D eigenvalue weighted by molar-refractivity contribution is 0.0952. The van der Waals surface area contributed by atoms with Gasteiger partial charge in [0.2, 0.25) is 0 Å². The predicted molar refractivity (Wildman–Crippen MR) is 188 cm³/mol. The summed E-state index contributed by atoms with van der Waals surface area (Å²) < 4.78 is 30.0. The molecule has 1 amide bonds. The molecule has 0 fully saturated rings. The van der Waals surface area contributed by atoms with Crippen molar-refractivity contribution in [2.75, 3.05) is 0 Å². The van der Waals surface area contributed by atoms with E-state index in [-0.39, 0.29) is 10.8 Å². The van der Waals surface area contributed by atoms with E-state index in [2.05, 4.69) is 47.2 Å². The van der Waals surface area contributed by atoms with Crippen molar-refractivity contribution < 1.29 is 13.2 Å². The van der Waals surface area contributed by atoms with Gasteiger partial charge in [-0.15, -0.1) is 0 Å². The van der Waals surface area contributed by atoms with Crippen molar-refractivity contribution in [3.63, 3.8) is 0 Å². The molecule has 4 aromatic carbocycles. The maximum atomic E-state index is 14.0. The van der Waals surface area contributed by atoms with Crippen molar-refractivity contribution in [1.29, 1.82) is 0 Å². The van der Waals surface area contributed by atoms with Gasteiger partial charge in [0.05, 0.1) is 27.2 Å². The highest BCUT2D eigenvalue weighted by atomic mass is 79.9. The molecule has 0 aliphatic rings. The second-order valence-corrected chi connectivity index (χ2v) is 14.2. The van der Waals surface area contributed by atoms with Gasteiger partial charge in [0.15, 0.2) is 0 Å². The van der Waals surface area contributed by atoms with Crippen molar-refractivity contribution in [3.05, 3.63) is 129 Å². The fourth-order valence-corrected chi connectivity index (χ4v) is 7.55. The van der Waals surface area contributed by atoms with Gasteiger partial charge in [-0.05, 0) is 90.6 Å². The largest absolute Gasteiger partial charge is 0.348 e. The van der Waals surface area contributed by atoms with Crippen LogP contribution in [0.1, 0.15) is 52.0 Å². The highest BCUT2D eigenvalue weighted by Gasteiger charge is 2.24. The molecule has 2 heterocycles. The summed E-state index contributed by atoms with van der Waals surface area (Å²) in [6.07, 6.45) is 3.27. The average Bonchev–Trinajstić information content (AvgIpc) is 3.46. The Morgan fingerprint density at radius 2 is 1.54 bits per heavy atom. The van der Waals surface area contributed by atoms with E-state index in [1.165, 1.54) is 9.54 Å². The molecule has 0 unspecified atom stereocenters. The minimum absolute atomic E-state index is 0.190. The Labute approximate surface area is 277 Å². The molecule has 3 N–H and O–H groups in total. The molecule has 0 bridgehead atoms. The van der Waals surface area contributed by atoms with Crippen LogP contribution < -0.4 is 11.1 Å². The molecule has 6 rings (SSSR count). The summed E-state index contributed by atoms with van der Waals surface area (Å²) in [7, 11) is -3.93. The maximum Gasteiger partial charge on any atom is 0.268 e. The smallest absolute Gasteiger partial charge is 0.268 e. The summed E-state index contributed by atoms with van der Waals surface area (Å²) in [5.41, 5.74) is 13.8. The van der Waals surface area contributed by atoms with Gasteiger partial charge in [-0.25, -0.2) is 17.4 Å². The summed E-state index contributed by atoms with van der Waals surface area (Å²) in [5.74, 6) is -0.236. The molecule has 9 heteroatoms. The molecule has 46 heavy (non-hydrogen) atoms. The number of carbonyl (C=O) groups is 1. The molecule has 234 valence electrons. The number of hydrogen-bond donors (Lipinski definition) is 2. The van der Waals surface area contributed by atoms with Crippen LogP contribution in [0.15, 0.2) is 100 Å². The third-order valence-corrected chi connectivity index (χ3v) is 10.6. The number of aromatic nitrogens is 2. The number of fused-ring (bicyclic) bond motifs is 2. The lowest BCUT2D eigenvalue weighted by Crippen LogP contribution is -2.23. The van der Waals surface area contributed by atoms with Crippen molar-refractivity contribution in [2.45, 2.75) is 51.6 Å². The number of benzene rings is 4. The molecule has 0 atom stereocenters. The standard InChI is InChI=1S/C37H35BrN4O3S/c1-4-26-16-30-32(37(43)40-21-25-10-8-24(20-39)9-11-25)19-35(41-34(30)17-27(26)5-2)33-22-42(36-15-12-28(38)18-31(33)36)46(44,45)29-13-6-23(3)7-14-29/h6-19,22H,4-5,20-21,39H2,1-3H3,(H,40,43). The van der Waals surface area contributed by atoms with E-state index in [0.29, 0.717) is 46.3 Å². The third kappa shape index (κ3) is 5.98. The minimum Gasteiger partial charge on any atom is -0.348 e. The SMILES string of the molecule is CCc1cc2nc(-c3cn(S(=O)(=O)c4ccc(C)cc4)c4ccc(Br)cc34)cc(C(=O)NCc3ccc(CN)cc3)c2cc1CC. The van der Waals surface area contributed by atoms with Gasteiger partial charge in [0, 0.05) is 40.1 Å². The summed E-state index contributed by atoms with van der Waals surface area (Å²) in [4.78, 5) is 19.2. The molecule has 0 aliphatic heterocycles. The Morgan fingerprint density at radius 3 is 2.22 bits per heavy atom. The average molecular weight is 696 g/mol. The molecule has 7 nitrogen and oxygen atoms in total. The zero-order valence-electron chi connectivity index (χ0n) is 26.0. The quantitative estimate of drug-likeness (QED) is 0.161. The van der Waals surface area contributed by atoms with E-state index in [0.717, 1.165) is 45.0 Å². The van der Waals surface area contributed by atoms with Gasteiger partial charge in [-0.2, -0.15) is 0 Å². The second kappa shape index (κ2) is 12.8. The van der Waals surface area contributed by atoms with Gasteiger partial charge >= 0.3 is 0 Å². The Bertz CT molecular complexity index is 2210. The van der Waals surface area contributed by atoms with Crippen LogP contribution in [0.4, 0.5) is 0 Å². The first-order valence-electron chi connectivity index (χ1n) is 15.3. The van der Waals surface area contributed by atoms with E-state index in [1.807, 2.05) is 43.3 Å². The van der Waals surface area contributed by atoms with Crippen molar-refractivity contribution in [1.82, 2.24) is 14.3 Å². The first kappa shape index (κ1) is 31.7. The van der Waals surface area contributed by atoms with Gasteiger partial charge in [-0.3, -0.25) is 4.79 Å². The molecule has 0 aliphatic carbocycles. The van der Waals surface area contributed by atoms with E-state index in [9.17, 15) is 13.2 Å². The van der Waals surface area contributed by atoms with Crippen molar-refractivity contribution in [2.24, 2.45) is 5.73 Å². The lowest BCUT2D eigenvalue weighted by atomic mass is 9.96. The number of halogens is 1. The fourth-order valence-electron chi connectivity index (χ4n) is 5.82. The maximum absolute atomic E-state index is 14.0. The topological polar surface area (TPSA) is 107 Å². The normalized spacial score (nSPS) is 11.8. The molecule has 0 saturated carbocycles. The number of nitrogens with one attached hydrogen (secondary N) is 1. The number of aryl methyl sites for hydroxylation is 3. The van der Waals surface area contributed by atoms with Crippen LogP contribution in [0, 0.1) is 6.92 Å². The van der Waals surface area contributed by atoms with Gasteiger partial charge in [-0.1, -0.05) is 71.7 Å². The van der Waals surface area contributed by atoms with E-state index in [1.54, 1.807) is 42.6 Å². The molecule has 0 spiro atoms. The van der Waals surface area contributed by atoms with Crippen molar-refractivity contribution >= 4 is 53.7 Å². The third-order valence-electron chi connectivity index (χ3n) is 8.43. The zero-order chi connectivity index (χ0) is 32.6. The summed E-state index contributed by atoms with van der Waals surface area (Å²) in [6, 6.07) is 26.0. The van der Waals surface area contributed by atoms with Gasteiger partial charge in [0.25, 0.3) is 15.9 Å². The Kier molecular flexibility index (Phi) is 8.83. The zero-order valence-corrected chi connectivity index (χ0v) is 28.4. The Morgan fingerprint density at radius 1 is 0.870 bits per heavy atom. The fraction of sp³-hybridized carbons (Fsp3) is 0.189. The van der Waals surface area contributed by atoms with E-state index < -0.39 is 10.0 Å². The van der Waals surface area contributed by atoms with Crippen molar-refractivity contribution in [3.8, 4) is 11.3 Å². The first-order valence-corrected chi connectivity index (χ1v) is 17.5. The number of nitrogens with two attached hydrogens (primary N) is 1. The lowest BCUT2D eigenvalue weighted by Gasteiger charge is -2.14. The molecule has 6 aromatic rings. The molecule has 0 radical (unpaired) electrons. The number of hydrogen-bond acceptors (Lipinski definition) is 5. The van der Waals surface area contributed by atoms with Crippen LogP contribution in [0.5, 0.6) is 0 Å². The van der Waals surface area contributed by atoms with Crippen LogP contribution in [0.25, 0.3) is 33.1 Å². The number of rotatable bonds is 9. The van der Waals surface area contributed by atoms with Gasteiger partial charge < -0.3 is 11.1 Å². The summed E-state index contributed by atoms with van der Waals surface area (Å²) in [6.45, 7) is 6.93. The Hall–Kier alpha value is -4.31. The molecular weight excluding hydrogens is 660 g/mol. The minimum atomic E-state index is -3.93. The van der Waals surface area contributed by atoms with E-state index >= 15 is 0 Å². The highest BCUT2D eigenvalue weighted by molar-refractivity contribution is 9.10. The summed E-state index contributed by atoms with van der Waals surface area (Å²) >= 11 is 3.57. The number of carbonyl (C=O) groups excluding carboxylic acids is 1. The van der Waals surface area contributed by atoms with Crippen LogP contribution in [-0.2, 0) is 36.0 Å². The first-order chi connectivity index (χ1) is 22.1. The number of nitrogens with zero attached hydrogens (tertiary/aromatic N) is 2. The van der Waals surface area contributed by atoms with Crippen LogP contribution in [0.3, 0.4) is 0 Å². The number of pyridine rings is 1. The van der Waals surface area contributed by atoms with Crippen LogP contribution >= 0.6 is 15.9 Å². The second-order valence-electron chi connectivity index (χ2n) is 11.4. The molecule has 0 saturated heterocycles.